The molecule has 9 heteroatoms. The lowest BCUT2D eigenvalue weighted by Gasteiger charge is -2.08. The standard InChI is InChI=1S/C24H22Cl3N3O3/c1-15-6-8-17(9-7-15)12-28-22(31)14-33-23(32)11-10-18-16(2)29-30(24(18)27)13-19-20(25)4-3-5-21(19)26/h3-11H,12-14H2,1-2H3,(H,28,31)/b11-10+. The Morgan fingerprint density at radius 2 is 1.73 bits per heavy atom. The number of rotatable bonds is 8. The molecule has 33 heavy (non-hydrogen) atoms. The molecule has 0 spiro atoms. The van der Waals surface area contributed by atoms with E-state index in [4.69, 9.17) is 39.5 Å². The number of aromatic nitrogens is 2. The molecule has 0 radical (unpaired) electrons. The van der Waals surface area contributed by atoms with Gasteiger partial charge in [0.25, 0.3) is 5.91 Å². The van der Waals surface area contributed by atoms with E-state index in [0.29, 0.717) is 38.6 Å². The third-order valence-electron chi connectivity index (χ3n) is 4.82. The highest BCUT2D eigenvalue weighted by Crippen LogP contribution is 2.28. The smallest absolute Gasteiger partial charge is 0.331 e. The minimum Gasteiger partial charge on any atom is -0.452 e. The van der Waals surface area contributed by atoms with Gasteiger partial charge in [-0.1, -0.05) is 70.7 Å². The maximum absolute atomic E-state index is 12.0. The summed E-state index contributed by atoms with van der Waals surface area (Å²) in [5.41, 5.74) is 3.96. The number of hydrogen-bond acceptors (Lipinski definition) is 4. The van der Waals surface area contributed by atoms with Gasteiger partial charge in [0, 0.05) is 33.8 Å². The van der Waals surface area contributed by atoms with Crippen LogP contribution in [0.1, 0.15) is 27.9 Å². The van der Waals surface area contributed by atoms with Crippen molar-refractivity contribution in [3.05, 3.63) is 91.7 Å². The van der Waals surface area contributed by atoms with Crippen LogP contribution in [0.5, 0.6) is 0 Å². The number of esters is 1. The number of carbonyl (C=O) groups is 2. The Morgan fingerprint density at radius 3 is 2.39 bits per heavy atom. The Labute approximate surface area is 207 Å². The van der Waals surface area contributed by atoms with E-state index in [2.05, 4.69) is 10.4 Å². The summed E-state index contributed by atoms with van der Waals surface area (Å²) >= 11 is 18.9. The van der Waals surface area contributed by atoms with Crippen molar-refractivity contribution in [2.24, 2.45) is 0 Å². The summed E-state index contributed by atoms with van der Waals surface area (Å²) in [7, 11) is 0. The van der Waals surface area contributed by atoms with Gasteiger partial charge in [-0.2, -0.15) is 5.10 Å². The molecule has 1 aromatic heterocycles. The summed E-state index contributed by atoms with van der Waals surface area (Å²) < 4.78 is 6.55. The first-order valence-electron chi connectivity index (χ1n) is 10.1. The highest BCUT2D eigenvalue weighted by atomic mass is 35.5. The monoisotopic (exact) mass is 505 g/mol. The fraction of sp³-hybridized carbons (Fsp3) is 0.208. The van der Waals surface area contributed by atoms with Crippen molar-refractivity contribution in [3.8, 4) is 0 Å². The van der Waals surface area contributed by atoms with Gasteiger partial charge in [0.1, 0.15) is 5.15 Å². The van der Waals surface area contributed by atoms with Crippen LogP contribution in [-0.2, 0) is 27.4 Å². The van der Waals surface area contributed by atoms with Crippen LogP contribution >= 0.6 is 34.8 Å². The van der Waals surface area contributed by atoms with E-state index in [1.165, 1.54) is 12.2 Å². The van der Waals surface area contributed by atoms with Crippen molar-refractivity contribution in [1.82, 2.24) is 15.1 Å². The van der Waals surface area contributed by atoms with E-state index in [-0.39, 0.29) is 13.2 Å². The van der Waals surface area contributed by atoms with Crippen LogP contribution in [0.15, 0.2) is 48.5 Å². The maximum Gasteiger partial charge on any atom is 0.331 e. The number of amides is 1. The first-order valence-corrected chi connectivity index (χ1v) is 11.2. The van der Waals surface area contributed by atoms with Gasteiger partial charge in [-0.15, -0.1) is 0 Å². The molecule has 1 N–H and O–H groups in total. The molecule has 3 aromatic rings. The Hall–Kier alpha value is -2.80. The summed E-state index contributed by atoms with van der Waals surface area (Å²) in [5.74, 6) is -1.06. The normalized spacial score (nSPS) is 11.1. The Kier molecular flexibility index (Phi) is 8.55. The second kappa shape index (κ2) is 11.4. The number of hydrogen-bond donors (Lipinski definition) is 1. The summed E-state index contributed by atoms with van der Waals surface area (Å²) in [6.07, 6.45) is 2.71. The molecular weight excluding hydrogens is 485 g/mol. The lowest BCUT2D eigenvalue weighted by molar-refractivity contribution is -0.143. The minimum atomic E-state index is -0.669. The molecule has 0 saturated heterocycles. The van der Waals surface area contributed by atoms with E-state index < -0.39 is 11.9 Å². The van der Waals surface area contributed by atoms with Gasteiger partial charge in [0.2, 0.25) is 0 Å². The largest absolute Gasteiger partial charge is 0.452 e. The van der Waals surface area contributed by atoms with Crippen LogP contribution in [0.25, 0.3) is 6.08 Å². The number of ether oxygens (including phenoxy) is 1. The Bertz CT molecular complexity index is 1170. The molecule has 0 aliphatic heterocycles. The predicted octanol–water partition coefficient (Wildman–Crippen LogP) is 5.38. The van der Waals surface area contributed by atoms with E-state index in [9.17, 15) is 9.59 Å². The van der Waals surface area contributed by atoms with Gasteiger partial charge in [0.05, 0.1) is 12.2 Å². The number of carbonyl (C=O) groups excluding carboxylic acids is 2. The molecule has 6 nitrogen and oxygen atoms in total. The zero-order valence-electron chi connectivity index (χ0n) is 18.1. The third kappa shape index (κ3) is 6.84. The zero-order chi connectivity index (χ0) is 24.0. The van der Waals surface area contributed by atoms with Gasteiger partial charge >= 0.3 is 5.97 Å². The van der Waals surface area contributed by atoms with Crippen molar-refractivity contribution in [2.75, 3.05) is 6.61 Å². The zero-order valence-corrected chi connectivity index (χ0v) is 20.3. The minimum absolute atomic E-state index is 0.275. The number of aryl methyl sites for hydroxylation is 2. The molecule has 0 bridgehead atoms. The van der Waals surface area contributed by atoms with E-state index in [1.807, 2.05) is 31.2 Å². The van der Waals surface area contributed by atoms with Gasteiger partial charge in [0.15, 0.2) is 6.61 Å². The van der Waals surface area contributed by atoms with Crippen molar-refractivity contribution in [3.63, 3.8) is 0 Å². The first-order chi connectivity index (χ1) is 15.7. The number of benzene rings is 2. The molecule has 0 aliphatic carbocycles. The van der Waals surface area contributed by atoms with Crippen molar-refractivity contribution in [1.29, 1.82) is 0 Å². The molecule has 0 saturated carbocycles. The Balaban J connectivity index is 1.55. The lowest BCUT2D eigenvalue weighted by Crippen LogP contribution is -2.28. The van der Waals surface area contributed by atoms with E-state index >= 15 is 0 Å². The topological polar surface area (TPSA) is 73.2 Å². The highest BCUT2D eigenvalue weighted by molar-refractivity contribution is 6.36. The molecule has 0 atom stereocenters. The summed E-state index contributed by atoms with van der Waals surface area (Å²) in [6.45, 7) is 4.00. The quantitative estimate of drug-likeness (QED) is 0.329. The summed E-state index contributed by atoms with van der Waals surface area (Å²) in [4.78, 5) is 24.0. The molecular formula is C24H22Cl3N3O3. The van der Waals surface area contributed by atoms with E-state index in [1.54, 1.807) is 29.8 Å². The second-order valence-corrected chi connectivity index (χ2v) is 8.52. The highest BCUT2D eigenvalue weighted by Gasteiger charge is 2.15. The molecule has 1 amide bonds. The molecule has 3 rings (SSSR count). The molecule has 0 aliphatic rings. The Morgan fingerprint density at radius 1 is 1.06 bits per heavy atom. The van der Waals surface area contributed by atoms with Crippen LogP contribution in [-0.4, -0.2) is 28.3 Å². The number of nitrogens with one attached hydrogen (secondary N) is 1. The maximum atomic E-state index is 12.0. The van der Waals surface area contributed by atoms with Crippen LogP contribution in [0.2, 0.25) is 15.2 Å². The van der Waals surface area contributed by atoms with Crippen LogP contribution in [0.4, 0.5) is 0 Å². The van der Waals surface area contributed by atoms with Crippen LogP contribution < -0.4 is 5.32 Å². The van der Waals surface area contributed by atoms with Gasteiger partial charge in [-0.25, -0.2) is 9.48 Å². The molecule has 172 valence electrons. The van der Waals surface area contributed by atoms with E-state index in [0.717, 1.165) is 11.1 Å². The molecule has 2 aromatic carbocycles. The summed E-state index contributed by atoms with van der Waals surface area (Å²) in [5, 5.41) is 8.44. The van der Waals surface area contributed by atoms with Crippen molar-refractivity contribution < 1.29 is 14.3 Å². The lowest BCUT2D eigenvalue weighted by atomic mass is 10.1. The van der Waals surface area contributed by atoms with Gasteiger partial charge in [-0.3, -0.25) is 4.79 Å². The van der Waals surface area contributed by atoms with Gasteiger partial charge in [-0.05, 0) is 37.6 Å². The molecule has 1 heterocycles. The summed E-state index contributed by atoms with van der Waals surface area (Å²) in [6, 6.07) is 13.0. The predicted molar refractivity (Wildman–Crippen MR) is 131 cm³/mol. The van der Waals surface area contributed by atoms with Crippen LogP contribution in [0, 0.1) is 13.8 Å². The SMILES string of the molecule is Cc1ccc(CNC(=O)COC(=O)/C=C/c2c(C)nn(Cc3c(Cl)cccc3Cl)c2Cl)cc1. The third-order valence-corrected chi connectivity index (χ3v) is 5.93. The van der Waals surface area contributed by atoms with Gasteiger partial charge < -0.3 is 10.1 Å². The molecule has 0 unspecified atom stereocenters. The molecule has 0 fully saturated rings. The first kappa shape index (κ1) is 24.8. The average molecular weight is 507 g/mol. The fourth-order valence-electron chi connectivity index (χ4n) is 2.99. The van der Waals surface area contributed by atoms with Crippen molar-refractivity contribution >= 4 is 52.8 Å². The average Bonchev–Trinajstić information content (AvgIpc) is 3.05. The number of halogens is 3. The fourth-order valence-corrected chi connectivity index (χ4v) is 3.80. The van der Waals surface area contributed by atoms with Crippen molar-refractivity contribution in [2.45, 2.75) is 26.9 Å². The van der Waals surface area contributed by atoms with Crippen LogP contribution in [0.3, 0.4) is 0 Å². The number of nitrogens with zero attached hydrogens (tertiary/aromatic N) is 2. The second-order valence-electron chi connectivity index (χ2n) is 7.35.